The second-order valence-electron chi connectivity index (χ2n) is 5.58. The number of aliphatic hydroxyl groups is 1. The Balaban J connectivity index is 1.75. The first-order valence-electron chi connectivity index (χ1n) is 7.27. The molecular weight excluding hydrogens is 266 g/mol. The molecule has 0 saturated heterocycles. The van der Waals surface area contributed by atoms with Crippen LogP contribution in [0.15, 0.2) is 42.6 Å². The number of carbonyl (C=O) groups is 1. The number of benzene rings is 1. The fraction of sp³-hybridized carbons (Fsp3) is 0.375. The smallest absolute Gasteiger partial charge is 0.272 e. The SMILES string of the molecule is O=C(NC1(CO)CCCC1)c1ccn(-c2ccccc2)n1. The second kappa shape index (κ2) is 5.69. The van der Waals surface area contributed by atoms with E-state index in [0.29, 0.717) is 5.69 Å². The molecule has 0 atom stereocenters. The number of hydrogen-bond donors (Lipinski definition) is 2. The van der Waals surface area contributed by atoms with Gasteiger partial charge in [-0.2, -0.15) is 5.10 Å². The first-order chi connectivity index (χ1) is 10.2. The highest BCUT2D eigenvalue weighted by Crippen LogP contribution is 2.29. The normalized spacial score (nSPS) is 16.8. The summed E-state index contributed by atoms with van der Waals surface area (Å²) < 4.78 is 1.68. The van der Waals surface area contributed by atoms with Crippen LogP contribution in [-0.4, -0.2) is 32.9 Å². The maximum atomic E-state index is 12.3. The van der Waals surface area contributed by atoms with Crippen LogP contribution in [0, 0.1) is 0 Å². The minimum Gasteiger partial charge on any atom is -0.394 e. The van der Waals surface area contributed by atoms with E-state index in [1.807, 2.05) is 30.3 Å². The van der Waals surface area contributed by atoms with E-state index in [9.17, 15) is 9.90 Å². The standard InChI is InChI=1S/C16H19N3O2/c20-12-16(9-4-5-10-16)17-15(21)14-8-11-19(18-14)13-6-2-1-3-7-13/h1-3,6-8,11,20H,4-5,9-10,12H2,(H,17,21). The van der Waals surface area contributed by atoms with Crippen molar-refractivity contribution in [2.24, 2.45) is 0 Å². The molecule has 1 fully saturated rings. The lowest BCUT2D eigenvalue weighted by atomic mass is 9.99. The molecule has 110 valence electrons. The van der Waals surface area contributed by atoms with Crippen LogP contribution in [-0.2, 0) is 0 Å². The van der Waals surface area contributed by atoms with Crippen molar-refractivity contribution in [1.82, 2.24) is 15.1 Å². The van der Waals surface area contributed by atoms with E-state index in [0.717, 1.165) is 31.4 Å². The monoisotopic (exact) mass is 285 g/mol. The van der Waals surface area contributed by atoms with E-state index in [1.54, 1.807) is 16.9 Å². The Morgan fingerprint density at radius 2 is 1.95 bits per heavy atom. The van der Waals surface area contributed by atoms with Gasteiger partial charge in [0.2, 0.25) is 0 Å². The summed E-state index contributed by atoms with van der Waals surface area (Å²) in [6, 6.07) is 11.3. The van der Waals surface area contributed by atoms with Crippen LogP contribution < -0.4 is 5.32 Å². The number of hydrogen-bond acceptors (Lipinski definition) is 3. The molecule has 0 aliphatic heterocycles. The zero-order valence-electron chi connectivity index (χ0n) is 11.8. The van der Waals surface area contributed by atoms with Crippen LogP contribution in [0.2, 0.25) is 0 Å². The Morgan fingerprint density at radius 3 is 2.62 bits per heavy atom. The number of aliphatic hydroxyl groups excluding tert-OH is 1. The number of carbonyl (C=O) groups excluding carboxylic acids is 1. The first-order valence-corrected chi connectivity index (χ1v) is 7.27. The van der Waals surface area contributed by atoms with Crippen LogP contribution in [0.3, 0.4) is 0 Å². The molecule has 2 N–H and O–H groups in total. The molecule has 5 nitrogen and oxygen atoms in total. The average Bonchev–Trinajstić information content (AvgIpc) is 3.18. The van der Waals surface area contributed by atoms with Crippen LogP contribution in [0.25, 0.3) is 5.69 Å². The topological polar surface area (TPSA) is 67.2 Å². The zero-order valence-corrected chi connectivity index (χ0v) is 11.8. The molecule has 0 radical (unpaired) electrons. The Hall–Kier alpha value is -2.14. The van der Waals surface area contributed by atoms with Gasteiger partial charge in [-0.3, -0.25) is 4.79 Å². The largest absolute Gasteiger partial charge is 0.394 e. The lowest BCUT2D eigenvalue weighted by Crippen LogP contribution is -2.49. The molecule has 0 unspecified atom stereocenters. The van der Waals surface area contributed by atoms with Crippen molar-refractivity contribution in [1.29, 1.82) is 0 Å². The number of nitrogens with one attached hydrogen (secondary N) is 1. The molecule has 1 amide bonds. The van der Waals surface area contributed by atoms with Gasteiger partial charge in [0.1, 0.15) is 0 Å². The summed E-state index contributed by atoms with van der Waals surface area (Å²) >= 11 is 0. The van der Waals surface area contributed by atoms with Crippen LogP contribution in [0.4, 0.5) is 0 Å². The van der Waals surface area contributed by atoms with Crippen molar-refractivity contribution in [2.75, 3.05) is 6.61 Å². The molecule has 1 aliphatic rings. The van der Waals surface area contributed by atoms with Gasteiger partial charge < -0.3 is 10.4 Å². The van der Waals surface area contributed by atoms with Crippen LogP contribution >= 0.6 is 0 Å². The molecule has 0 bridgehead atoms. The van der Waals surface area contributed by atoms with Gasteiger partial charge in [0.05, 0.1) is 17.8 Å². The highest BCUT2D eigenvalue weighted by molar-refractivity contribution is 5.92. The van der Waals surface area contributed by atoms with E-state index in [2.05, 4.69) is 10.4 Å². The number of aromatic nitrogens is 2. The highest BCUT2D eigenvalue weighted by atomic mass is 16.3. The minimum absolute atomic E-state index is 0.0157. The molecule has 2 aromatic rings. The fourth-order valence-corrected chi connectivity index (χ4v) is 2.85. The van der Waals surface area contributed by atoms with Crippen molar-refractivity contribution < 1.29 is 9.90 Å². The number of rotatable bonds is 4. The number of para-hydroxylation sites is 1. The highest BCUT2D eigenvalue weighted by Gasteiger charge is 2.35. The Bertz CT molecular complexity index is 615. The van der Waals surface area contributed by atoms with Crippen molar-refractivity contribution in [3.8, 4) is 5.69 Å². The summed E-state index contributed by atoms with van der Waals surface area (Å²) in [7, 11) is 0. The zero-order chi connectivity index (χ0) is 14.7. The summed E-state index contributed by atoms with van der Waals surface area (Å²) in [4.78, 5) is 12.3. The summed E-state index contributed by atoms with van der Waals surface area (Å²) in [5.74, 6) is -0.222. The molecule has 1 heterocycles. The average molecular weight is 285 g/mol. The van der Waals surface area contributed by atoms with Gasteiger partial charge in [0, 0.05) is 6.20 Å². The Kier molecular flexibility index (Phi) is 3.75. The molecule has 21 heavy (non-hydrogen) atoms. The Labute approximate surface area is 123 Å². The maximum Gasteiger partial charge on any atom is 0.272 e. The molecular formula is C16H19N3O2. The van der Waals surface area contributed by atoms with E-state index in [4.69, 9.17) is 0 Å². The molecule has 1 aliphatic carbocycles. The maximum absolute atomic E-state index is 12.3. The van der Waals surface area contributed by atoms with E-state index in [1.165, 1.54) is 0 Å². The van der Waals surface area contributed by atoms with E-state index >= 15 is 0 Å². The van der Waals surface area contributed by atoms with Crippen molar-refractivity contribution in [2.45, 2.75) is 31.2 Å². The van der Waals surface area contributed by atoms with Gasteiger partial charge >= 0.3 is 0 Å². The van der Waals surface area contributed by atoms with Gasteiger partial charge in [-0.15, -0.1) is 0 Å². The molecule has 0 spiro atoms. The summed E-state index contributed by atoms with van der Waals surface area (Å²) in [5.41, 5.74) is 0.820. The van der Waals surface area contributed by atoms with Gasteiger partial charge in [-0.1, -0.05) is 31.0 Å². The van der Waals surface area contributed by atoms with E-state index < -0.39 is 5.54 Å². The number of nitrogens with zero attached hydrogens (tertiary/aromatic N) is 2. The van der Waals surface area contributed by atoms with Crippen molar-refractivity contribution >= 4 is 5.91 Å². The summed E-state index contributed by atoms with van der Waals surface area (Å²) in [5, 5.41) is 16.8. The third-order valence-electron chi connectivity index (χ3n) is 4.08. The lowest BCUT2D eigenvalue weighted by molar-refractivity contribution is 0.0833. The predicted molar refractivity (Wildman–Crippen MR) is 79.3 cm³/mol. The quantitative estimate of drug-likeness (QED) is 0.901. The molecule has 5 heteroatoms. The van der Waals surface area contributed by atoms with Gasteiger partial charge in [0.25, 0.3) is 5.91 Å². The molecule has 1 saturated carbocycles. The van der Waals surface area contributed by atoms with Crippen LogP contribution in [0.1, 0.15) is 36.2 Å². The number of amides is 1. The molecule has 1 aromatic heterocycles. The molecule has 1 aromatic carbocycles. The van der Waals surface area contributed by atoms with E-state index in [-0.39, 0.29) is 12.5 Å². The predicted octanol–water partition coefficient (Wildman–Crippen LogP) is 1.91. The minimum atomic E-state index is -0.465. The fourth-order valence-electron chi connectivity index (χ4n) is 2.85. The molecule has 3 rings (SSSR count). The Morgan fingerprint density at radius 1 is 1.24 bits per heavy atom. The van der Waals surface area contributed by atoms with Crippen LogP contribution in [0.5, 0.6) is 0 Å². The third-order valence-corrected chi connectivity index (χ3v) is 4.08. The summed E-state index contributed by atoms with van der Waals surface area (Å²) in [6.07, 6.45) is 5.51. The van der Waals surface area contributed by atoms with Crippen molar-refractivity contribution in [3.63, 3.8) is 0 Å². The van der Waals surface area contributed by atoms with Gasteiger partial charge in [-0.05, 0) is 31.0 Å². The first kappa shape index (κ1) is 13.8. The lowest BCUT2D eigenvalue weighted by Gasteiger charge is -2.27. The van der Waals surface area contributed by atoms with Gasteiger partial charge in [-0.25, -0.2) is 4.68 Å². The van der Waals surface area contributed by atoms with Crippen molar-refractivity contribution in [3.05, 3.63) is 48.3 Å². The second-order valence-corrected chi connectivity index (χ2v) is 5.58. The summed E-state index contributed by atoms with van der Waals surface area (Å²) in [6.45, 7) is -0.0157. The third kappa shape index (κ3) is 2.83. The van der Waals surface area contributed by atoms with Gasteiger partial charge in [0.15, 0.2) is 5.69 Å².